The third-order valence-electron chi connectivity index (χ3n) is 2.29. The normalized spacial score (nSPS) is 10.5. The van der Waals surface area contributed by atoms with Crippen molar-refractivity contribution in [2.24, 2.45) is 0 Å². The number of aryl methyl sites for hydroxylation is 1. The first-order valence-electron chi connectivity index (χ1n) is 5.19. The Bertz CT molecular complexity index is 508. The summed E-state index contributed by atoms with van der Waals surface area (Å²) in [7, 11) is 1.61. The van der Waals surface area contributed by atoms with Gasteiger partial charge in [0.25, 0.3) is 0 Å². The lowest BCUT2D eigenvalue weighted by atomic mass is 10.2. The third kappa shape index (κ3) is 3.09. The van der Waals surface area contributed by atoms with Gasteiger partial charge in [-0.15, -0.1) is 11.3 Å². The summed E-state index contributed by atoms with van der Waals surface area (Å²) >= 11 is 5.24. The van der Waals surface area contributed by atoms with Crippen molar-refractivity contribution in [3.8, 4) is 16.2 Å². The van der Waals surface area contributed by atoms with Crippen LogP contribution in [0.5, 0.6) is 5.75 Å². The molecule has 0 N–H and O–H groups in total. The van der Waals surface area contributed by atoms with E-state index < -0.39 is 0 Å². The zero-order valence-corrected chi connectivity index (χ0v) is 12.1. The van der Waals surface area contributed by atoms with E-state index in [2.05, 4.69) is 41.1 Å². The lowest BCUT2D eigenvalue weighted by Crippen LogP contribution is -1.99. The van der Waals surface area contributed by atoms with Crippen LogP contribution in [-0.4, -0.2) is 13.9 Å². The molecule has 0 aliphatic rings. The van der Waals surface area contributed by atoms with Gasteiger partial charge in [0, 0.05) is 16.9 Å². The number of hydrogen-bond donors (Lipinski definition) is 0. The standard InChI is InChI=1S/C13H13BrO2S/c1-9-3-6-13(17-9)10-4-5-11(14)12(7-10)16-8-15-2/h3-7H,8H2,1-2H3. The molecule has 0 spiro atoms. The van der Waals surface area contributed by atoms with Gasteiger partial charge in [-0.05, 0) is 52.7 Å². The van der Waals surface area contributed by atoms with E-state index in [4.69, 9.17) is 9.47 Å². The Hall–Kier alpha value is -0.840. The maximum atomic E-state index is 5.49. The number of hydrogen-bond acceptors (Lipinski definition) is 3. The van der Waals surface area contributed by atoms with Gasteiger partial charge >= 0.3 is 0 Å². The van der Waals surface area contributed by atoms with Crippen molar-refractivity contribution in [1.82, 2.24) is 0 Å². The summed E-state index contributed by atoms with van der Waals surface area (Å²) in [5, 5.41) is 0. The van der Waals surface area contributed by atoms with E-state index in [1.807, 2.05) is 12.1 Å². The molecule has 2 aromatic rings. The Morgan fingerprint density at radius 1 is 1.24 bits per heavy atom. The number of methoxy groups -OCH3 is 1. The van der Waals surface area contributed by atoms with E-state index in [0.29, 0.717) is 0 Å². The molecule has 0 atom stereocenters. The topological polar surface area (TPSA) is 18.5 Å². The molecule has 0 amide bonds. The second-order valence-electron chi connectivity index (χ2n) is 3.61. The summed E-state index contributed by atoms with van der Waals surface area (Å²) < 4.78 is 11.3. The summed E-state index contributed by atoms with van der Waals surface area (Å²) in [5.41, 5.74) is 1.16. The first-order valence-corrected chi connectivity index (χ1v) is 6.80. The molecule has 0 saturated heterocycles. The van der Waals surface area contributed by atoms with Crippen LogP contribution in [0.4, 0.5) is 0 Å². The number of halogens is 1. The lowest BCUT2D eigenvalue weighted by Gasteiger charge is -2.08. The molecule has 17 heavy (non-hydrogen) atoms. The van der Waals surface area contributed by atoms with Crippen molar-refractivity contribution in [3.63, 3.8) is 0 Å². The van der Waals surface area contributed by atoms with Crippen LogP contribution in [0.3, 0.4) is 0 Å². The van der Waals surface area contributed by atoms with Crippen LogP contribution >= 0.6 is 27.3 Å². The number of benzene rings is 1. The van der Waals surface area contributed by atoms with Gasteiger partial charge in [-0.2, -0.15) is 0 Å². The fourth-order valence-corrected chi connectivity index (χ4v) is 2.70. The van der Waals surface area contributed by atoms with Crippen molar-refractivity contribution < 1.29 is 9.47 Å². The highest BCUT2D eigenvalue weighted by atomic mass is 79.9. The maximum Gasteiger partial charge on any atom is 0.188 e. The minimum Gasteiger partial charge on any atom is -0.466 e. The fraction of sp³-hybridized carbons (Fsp3) is 0.231. The SMILES string of the molecule is COCOc1cc(-c2ccc(C)s2)ccc1Br. The molecule has 0 radical (unpaired) electrons. The molecule has 1 heterocycles. The number of ether oxygens (including phenoxy) is 2. The van der Waals surface area contributed by atoms with Gasteiger partial charge in [-0.3, -0.25) is 0 Å². The molecule has 1 aromatic carbocycles. The fourth-order valence-electron chi connectivity index (χ4n) is 1.48. The predicted octanol–water partition coefficient (Wildman–Crippen LogP) is 4.47. The predicted molar refractivity (Wildman–Crippen MR) is 74.7 cm³/mol. The van der Waals surface area contributed by atoms with Gasteiger partial charge < -0.3 is 9.47 Å². The quantitative estimate of drug-likeness (QED) is 0.776. The molecule has 4 heteroatoms. The molecule has 90 valence electrons. The van der Waals surface area contributed by atoms with Crippen LogP contribution < -0.4 is 4.74 Å². The molecule has 0 aliphatic carbocycles. The van der Waals surface area contributed by atoms with Crippen molar-refractivity contribution in [2.45, 2.75) is 6.92 Å². The molecular formula is C13H13BrO2S. The highest BCUT2D eigenvalue weighted by Gasteiger charge is 2.06. The second-order valence-corrected chi connectivity index (χ2v) is 5.75. The molecule has 2 nitrogen and oxygen atoms in total. The van der Waals surface area contributed by atoms with Crippen molar-refractivity contribution in [3.05, 3.63) is 39.7 Å². The molecular weight excluding hydrogens is 300 g/mol. The van der Waals surface area contributed by atoms with Crippen LogP contribution in [0.2, 0.25) is 0 Å². The third-order valence-corrected chi connectivity index (χ3v) is 3.99. The monoisotopic (exact) mass is 312 g/mol. The average molecular weight is 313 g/mol. The van der Waals surface area contributed by atoms with Gasteiger partial charge in [-0.1, -0.05) is 6.07 Å². The Morgan fingerprint density at radius 3 is 2.71 bits per heavy atom. The molecule has 0 unspecified atom stereocenters. The molecule has 1 aromatic heterocycles. The minimum absolute atomic E-state index is 0.255. The summed E-state index contributed by atoms with van der Waals surface area (Å²) in [6.45, 7) is 2.36. The van der Waals surface area contributed by atoms with Crippen LogP contribution in [0.25, 0.3) is 10.4 Å². The van der Waals surface area contributed by atoms with E-state index in [-0.39, 0.29) is 6.79 Å². The minimum atomic E-state index is 0.255. The molecule has 2 rings (SSSR count). The maximum absolute atomic E-state index is 5.49. The summed E-state index contributed by atoms with van der Waals surface area (Å²) in [4.78, 5) is 2.56. The zero-order valence-electron chi connectivity index (χ0n) is 9.70. The van der Waals surface area contributed by atoms with Gasteiger partial charge in [0.1, 0.15) is 5.75 Å². The first kappa shape index (κ1) is 12.6. The van der Waals surface area contributed by atoms with Crippen molar-refractivity contribution >= 4 is 27.3 Å². The number of thiophene rings is 1. The van der Waals surface area contributed by atoms with Crippen LogP contribution in [0.1, 0.15) is 4.88 Å². The van der Waals surface area contributed by atoms with Crippen LogP contribution in [0, 0.1) is 6.92 Å². The van der Waals surface area contributed by atoms with Gasteiger partial charge in [0.15, 0.2) is 6.79 Å². The highest BCUT2D eigenvalue weighted by molar-refractivity contribution is 9.10. The van der Waals surface area contributed by atoms with Crippen LogP contribution in [0.15, 0.2) is 34.8 Å². The average Bonchev–Trinajstić information content (AvgIpc) is 2.75. The molecule has 0 saturated carbocycles. The van der Waals surface area contributed by atoms with Crippen molar-refractivity contribution in [1.29, 1.82) is 0 Å². The highest BCUT2D eigenvalue weighted by Crippen LogP contribution is 2.34. The lowest BCUT2D eigenvalue weighted by molar-refractivity contribution is 0.0506. The second kappa shape index (κ2) is 5.67. The zero-order chi connectivity index (χ0) is 12.3. The Balaban J connectivity index is 2.30. The Labute approximate surface area is 113 Å². The van der Waals surface area contributed by atoms with E-state index in [0.717, 1.165) is 15.8 Å². The Kier molecular flexibility index (Phi) is 4.20. The van der Waals surface area contributed by atoms with E-state index >= 15 is 0 Å². The van der Waals surface area contributed by atoms with E-state index in [1.165, 1.54) is 9.75 Å². The summed E-state index contributed by atoms with van der Waals surface area (Å²) in [6.07, 6.45) is 0. The number of rotatable bonds is 4. The van der Waals surface area contributed by atoms with Gasteiger partial charge in [0.05, 0.1) is 4.47 Å². The first-order chi connectivity index (χ1) is 8.20. The smallest absolute Gasteiger partial charge is 0.188 e. The van der Waals surface area contributed by atoms with Gasteiger partial charge in [-0.25, -0.2) is 0 Å². The molecule has 0 fully saturated rings. The largest absolute Gasteiger partial charge is 0.466 e. The molecule has 0 bridgehead atoms. The van der Waals surface area contributed by atoms with Crippen LogP contribution in [-0.2, 0) is 4.74 Å². The summed E-state index contributed by atoms with van der Waals surface area (Å²) in [5.74, 6) is 0.801. The van der Waals surface area contributed by atoms with E-state index in [1.54, 1.807) is 18.4 Å². The van der Waals surface area contributed by atoms with Gasteiger partial charge in [0.2, 0.25) is 0 Å². The summed E-state index contributed by atoms with van der Waals surface area (Å²) in [6, 6.07) is 10.3. The van der Waals surface area contributed by atoms with E-state index in [9.17, 15) is 0 Å². The van der Waals surface area contributed by atoms with Crippen molar-refractivity contribution in [2.75, 3.05) is 13.9 Å². The molecule has 0 aliphatic heterocycles. The Morgan fingerprint density at radius 2 is 2.06 bits per heavy atom.